The van der Waals surface area contributed by atoms with Crippen molar-refractivity contribution in [3.63, 3.8) is 0 Å². The molecule has 1 aromatic heterocycles. The van der Waals surface area contributed by atoms with Gasteiger partial charge in [0.05, 0.1) is 24.0 Å². The Kier molecular flexibility index (Phi) is 6.06. The van der Waals surface area contributed by atoms with Gasteiger partial charge >= 0.3 is 0 Å². The van der Waals surface area contributed by atoms with Crippen molar-refractivity contribution in [2.45, 2.75) is 36.7 Å². The van der Waals surface area contributed by atoms with Gasteiger partial charge in [0, 0.05) is 52.0 Å². The van der Waals surface area contributed by atoms with E-state index in [0.29, 0.717) is 30.9 Å². The maximum Gasteiger partial charge on any atom is 0.274 e. The minimum Gasteiger partial charge on any atom is -0.383 e. The van der Waals surface area contributed by atoms with Crippen molar-refractivity contribution in [2.75, 3.05) is 52.4 Å². The molecule has 1 spiro atoms. The Morgan fingerprint density at radius 3 is 3.00 bits per heavy atom. The monoisotopic (exact) mass is 395 g/mol. The van der Waals surface area contributed by atoms with Crippen molar-refractivity contribution in [2.24, 2.45) is 5.92 Å². The van der Waals surface area contributed by atoms with Gasteiger partial charge in [-0.3, -0.25) is 9.48 Å². The summed E-state index contributed by atoms with van der Waals surface area (Å²) in [6.07, 6.45) is 5.44. The van der Waals surface area contributed by atoms with Crippen molar-refractivity contribution in [1.82, 2.24) is 14.7 Å². The molecule has 3 aliphatic heterocycles. The van der Waals surface area contributed by atoms with Gasteiger partial charge in [0.25, 0.3) is 5.91 Å². The Labute approximate surface area is 164 Å². The topological polar surface area (TPSA) is 65.8 Å². The number of hydrogen-bond donors (Lipinski definition) is 0. The molecular formula is C19H29N3O4S. The van der Waals surface area contributed by atoms with Crippen LogP contribution in [-0.4, -0.2) is 83.8 Å². The zero-order valence-electron chi connectivity index (χ0n) is 16.0. The number of rotatable bonds is 7. The Balaban J connectivity index is 1.21. The van der Waals surface area contributed by atoms with Crippen LogP contribution in [0.15, 0.2) is 12.3 Å². The first-order valence-electron chi connectivity index (χ1n) is 9.82. The molecule has 0 saturated carbocycles. The van der Waals surface area contributed by atoms with Crippen molar-refractivity contribution in [1.29, 1.82) is 0 Å². The molecule has 8 heteroatoms. The van der Waals surface area contributed by atoms with Crippen LogP contribution in [-0.2, 0) is 20.8 Å². The summed E-state index contributed by atoms with van der Waals surface area (Å²) in [6, 6.07) is 1.80. The highest BCUT2D eigenvalue weighted by Gasteiger charge is 2.51. The fraction of sp³-hybridized carbons (Fsp3) is 0.789. The molecule has 4 rings (SSSR count). The molecule has 0 bridgehead atoms. The van der Waals surface area contributed by atoms with E-state index in [1.807, 2.05) is 22.9 Å². The van der Waals surface area contributed by atoms with Gasteiger partial charge in [-0.15, -0.1) is 11.8 Å². The molecule has 3 fully saturated rings. The Morgan fingerprint density at radius 1 is 1.41 bits per heavy atom. The maximum atomic E-state index is 12.6. The first-order valence-corrected chi connectivity index (χ1v) is 10.8. The van der Waals surface area contributed by atoms with Crippen LogP contribution in [0.4, 0.5) is 0 Å². The lowest BCUT2D eigenvalue weighted by Gasteiger charge is -2.47. The number of amides is 1. The SMILES string of the molecule is COCCn1ccc(C(=O)N2CC3(CC(OCC4CCOCC4)CS3)C2)n1. The van der Waals surface area contributed by atoms with Gasteiger partial charge in [-0.05, 0) is 31.2 Å². The van der Waals surface area contributed by atoms with Gasteiger partial charge in [-0.25, -0.2) is 0 Å². The summed E-state index contributed by atoms with van der Waals surface area (Å²) < 4.78 is 18.6. The van der Waals surface area contributed by atoms with Crippen LogP contribution in [0.25, 0.3) is 0 Å². The van der Waals surface area contributed by atoms with Crippen LogP contribution >= 0.6 is 11.8 Å². The second-order valence-electron chi connectivity index (χ2n) is 7.83. The van der Waals surface area contributed by atoms with Crippen molar-refractivity contribution >= 4 is 17.7 Å². The number of nitrogens with zero attached hydrogens (tertiary/aromatic N) is 3. The number of ether oxygens (including phenoxy) is 3. The van der Waals surface area contributed by atoms with Crippen LogP contribution in [0.5, 0.6) is 0 Å². The lowest BCUT2D eigenvalue weighted by atomic mass is 9.92. The lowest BCUT2D eigenvalue weighted by Crippen LogP contribution is -2.60. The number of carbonyl (C=O) groups excluding carboxylic acids is 1. The van der Waals surface area contributed by atoms with E-state index in [-0.39, 0.29) is 10.7 Å². The fourth-order valence-electron chi connectivity index (χ4n) is 4.06. The fourth-order valence-corrected chi connectivity index (χ4v) is 5.61. The van der Waals surface area contributed by atoms with Gasteiger partial charge in [0.15, 0.2) is 0 Å². The van der Waals surface area contributed by atoms with E-state index in [9.17, 15) is 4.79 Å². The van der Waals surface area contributed by atoms with Crippen molar-refractivity contribution < 1.29 is 19.0 Å². The average Bonchev–Trinajstić information content (AvgIpc) is 3.31. The second kappa shape index (κ2) is 8.51. The summed E-state index contributed by atoms with van der Waals surface area (Å²) in [4.78, 5) is 14.5. The molecule has 0 aliphatic carbocycles. The summed E-state index contributed by atoms with van der Waals surface area (Å²) in [5, 5.41) is 4.37. The van der Waals surface area contributed by atoms with Crippen molar-refractivity contribution in [3.05, 3.63) is 18.0 Å². The molecule has 1 amide bonds. The smallest absolute Gasteiger partial charge is 0.274 e. The predicted octanol–water partition coefficient (Wildman–Crippen LogP) is 1.67. The molecule has 0 aromatic carbocycles. The highest BCUT2D eigenvalue weighted by molar-refractivity contribution is 8.01. The second-order valence-corrected chi connectivity index (χ2v) is 9.32. The molecule has 27 heavy (non-hydrogen) atoms. The van der Waals surface area contributed by atoms with Gasteiger partial charge in [0.1, 0.15) is 5.69 Å². The van der Waals surface area contributed by atoms with Crippen LogP contribution < -0.4 is 0 Å². The molecule has 1 unspecified atom stereocenters. The number of carbonyl (C=O) groups is 1. The van der Waals surface area contributed by atoms with Crippen LogP contribution in [0.1, 0.15) is 29.8 Å². The molecule has 1 atom stereocenters. The third-order valence-electron chi connectivity index (χ3n) is 5.71. The molecule has 3 aliphatic rings. The molecule has 3 saturated heterocycles. The number of methoxy groups -OCH3 is 1. The maximum absolute atomic E-state index is 12.6. The molecule has 0 radical (unpaired) electrons. The van der Waals surface area contributed by atoms with E-state index in [1.54, 1.807) is 17.9 Å². The first-order chi connectivity index (χ1) is 13.2. The van der Waals surface area contributed by atoms with E-state index in [2.05, 4.69) is 5.10 Å². The quantitative estimate of drug-likeness (QED) is 0.700. The van der Waals surface area contributed by atoms with Gasteiger partial charge in [-0.2, -0.15) is 5.10 Å². The third-order valence-corrected chi connectivity index (χ3v) is 7.29. The summed E-state index contributed by atoms with van der Waals surface area (Å²) in [5.74, 6) is 1.72. The zero-order chi connectivity index (χ0) is 18.7. The number of thioether (sulfide) groups is 1. The van der Waals surface area contributed by atoms with Crippen LogP contribution in [0, 0.1) is 5.92 Å². The lowest BCUT2D eigenvalue weighted by molar-refractivity contribution is -0.0119. The highest BCUT2D eigenvalue weighted by Crippen LogP contribution is 2.46. The standard InChI is InChI=1S/C19H29N3O4S/c1-24-9-6-22-5-2-17(20-22)18(23)21-13-19(14-21)10-16(12-27-19)26-11-15-3-7-25-8-4-15/h2,5,15-16H,3-4,6-14H2,1H3. The largest absolute Gasteiger partial charge is 0.383 e. The Hall–Kier alpha value is -1.09. The molecule has 1 aromatic rings. The van der Waals surface area contributed by atoms with Crippen LogP contribution in [0.2, 0.25) is 0 Å². The minimum atomic E-state index is 0.0314. The third kappa shape index (κ3) is 4.50. The van der Waals surface area contributed by atoms with E-state index in [0.717, 1.165) is 57.9 Å². The number of hydrogen-bond acceptors (Lipinski definition) is 6. The molecule has 150 valence electrons. The molecule has 0 N–H and O–H groups in total. The highest BCUT2D eigenvalue weighted by atomic mass is 32.2. The summed E-state index contributed by atoms with van der Waals surface area (Å²) in [6.45, 7) is 5.46. The van der Waals surface area contributed by atoms with Gasteiger partial charge in [-0.1, -0.05) is 0 Å². The first kappa shape index (κ1) is 19.2. The van der Waals surface area contributed by atoms with Gasteiger partial charge < -0.3 is 19.1 Å². The Bertz CT molecular complexity index is 641. The number of aromatic nitrogens is 2. The van der Waals surface area contributed by atoms with E-state index in [1.165, 1.54) is 0 Å². The van der Waals surface area contributed by atoms with Gasteiger partial charge in [0.2, 0.25) is 0 Å². The van der Waals surface area contributed by atoms with Crippen molar-refractivity contribution in [3.8, 4) is 0 Å². The van der Waals surface area contributed by atoms with E-state index < -0.39 is 0 Å². The minimum absolute atomic E-state index is 0.0314. The summed E-state index contributed by atoms with van der Waals surface area (Å²) >= 11 is 1.97. The molecule has 4 heterocycles. The predicted molar refractivity (Wildman–Crippen MR) is 103 cm³/mol. The van der Waals surface area contributed by atoms with E-state index >= 15 is 0 Å². The van der Waals surface area contributed by atoms with E-state index in [4.69, 9.17) is 14.2 Å². The Morgan fingerprint density at radius 2 is 2.22 bits per heavy atom. The molecular weight excluding hydrogens is 366 g/mol. The number of likely N-dealkylation sites (tertiary alicyclic amines) is 1. The average molecular weight is 396 g/mol. The normalized spacial score (nSPS) is 25.1. The molecule has 7 nitrogen and oxygen atoms in total. The zero-order valence-corrected chi connectivity index (χ0v) is 16.8. The summed E-state index contributed by atoms with van der Waals surface area (Å²) in [5.41, 5.74) is 0.524. The summed E-state index contributed by atoms with van der Waals surface area (Å²) in [7, 11) is 1.66. The van der Waals surface area contributed by atoms with Crippen LogP contribution in [0.3, 0.4) is 0 Å².